The third-order valence-electron chi connectivity index (χ3n) is 2.42. The first-order valence-corrected chi connectivity index (χ1v) is 5.76. The van der Waals surface area contributed by atoms with Crippen molar-refractivity contribution in [3.8, 4) is 0 Å². The molecule has 4 nitrogen and oxygen atoms in total. The molecule has 0 unspecified atom stereocenters. The van der Waals surface area contributed by atoms with Crippen molar-refractivity contribution in [2.24, 2.45) is 0 Å². The maximum atomic E-state index is 13.1. The minimum absolute atomic E-state index is 0.0158. The number of hydrogen-bond acceptors (Lipinski definition) is 3. The van der Waals surface area contributed by atoms with Gasteiger partial charge in [0.15, 0.2) is 0 Å². The van der Waals surface area contributed by atoms with Crippen molar-refractivity contribution in [1.82, 2.24) is 14.8 Å². The first-order chi connectivity index (χ1) is 8.50. The van der Waals surface area contributed by atoms with Gasteiger partial charge in [-0.2, -0.15) is 5.10 Å². The Bertz CT molecular complexity index is 595. The summed E-state index contributed by atoms with van der Waals surface area (Å²) in [6.07, 6.45) is 3.75. The topological polar surface area (TPSA) is 47.8 Å². The van der Waals surface area contributed by atoms with Crippen molar-refractivity contribution >= 4 is 17.4 Å². The summed E-state index contributed by atoms with van der Waals surface area (Å²) in [6.45, 7) is 3.76. The molecule has 18 heavy (non-hydrogen) atoms. The van der Waals surface area contributed by atoms with Gasteiger partial charge >= 0.3 is 0 Å². The lowest BCUT2D eigenvalue weighted by molar-refractivity contribution is 0.102. The lowest BCUT2D eigenvalue weighted by atomic mass is 10.1. The first kappa shape index (κ1) is 12.7. The molecule has 0 bridgehead atoms. The Kier molecular flexibility index (Phi) is 3.43. The molecule has 0 aliphatic rings. The highest BCUT2D eigenvalue weighted by Gasteiger charge is 2.21. The predicted octanol–water partition coefficient (Wildman–Crippen LogP) is 2.88. The van der Waals surface area contributed by atoms with Crippen LogP contribution in [0, 0.1) is 5.82 Å². The summed E-state index contributed by atoms with van der Waals surface area (Å²) in [4.78, 5) is 15.9. The van der Waals surface area contributed by atoms with E-state index in [-0.39, 0.29) is 22.3 Å². The van der Waals surface area contributed by atoms with Crippen LogP contribution < -0.4 is 0 Å². The van der Waals surface area contributed by atoms with Gasteiger partial charge in [0, 0.05) is 17.8 Å². The van der Waals surface area contributed by atoms with Gasteiger partial charge < -0.3 is 0 Å². The minimum Gasteiger partial charge on any atom is -0.287 e. The maximum absolute atomic E-state index is 13.1. The summed E-state index contributed by atoms with van der Waals surface area (Å²) in [7, 11) is 0. The summed E-state index contributed by atoms with van der Waals surface area (Å²) in [5, 5.41) is 4.28. The van der Waals surface area contributed by atoms with Gasteiger partial charge in [0.1, 0.15) is 11.5 Å². The molecule has 0 aromatic carbocycles. The van der Waals surface area contributed by atoms with E-state index in [1.54, 1.807) is 0 Å². The van der Waals surface area contributed by atoms with Crippen LogP contribution in [0.5, 0.6) is 0 Å². The molecule has 0 saturated heterocycles. The third-order valence-corrected chi connectivity index (χ3v) is 2.70. The van der Waals surface area contributed by atoms with Crippen LogP contribution in [0.25, 0.3) is 0 Å². The van der Waals surface area contributed by atoms with Gasteiger partial charge in [-0.1, -0.05) is 11.6 Å². The Labute approximate surface area is 108 Å². The molecular weight excluding hydrogens is 257 g/mol. The standard InChI is InChI=1S/C12H11ClFN3O/c1-7(2)17-11(10(13)6-16-17)12(18)8-3-9(14)5-15-4-8/h3-7H,1-2H3. The number of aromatic nitrogens is 3. The molecule has 2 heterocycles. The van der Waals surface area contributed by atoms with Gasteiger partial charge in [0.2, 0.25) is 5.78 Å². The monoisotopic (exact) mass is 267 g/mol. The van der Waals surface area contributed by atoms with Crippen LogP contribution in [-0.4, -0.2) is 20.5 Å². The lowest BCUT2D eigenvalue weighted by Gasteiger charge is -2.10. The van der Waals surface area contributed by atoms with Gasteiger partial charge in [-0.3, -0.25) is 14.5 Å². The molecule has 0 spiro atoms. The van der Waals surface area contributed by atoms with E-state index in [0.29, 0.717) is 0 Å². The summed E-state index contributed by atoms with van der Waals surface area (Å²) in [5.41, 5.74) is 0.401. The van der Waals surface area contributed by atoms with E-state index >= 15 is 0 Å². The van der Waals surface area contributed by atoms with E-state index in [1.165, 1.54) is 17.1 Å². The Morgan fingerprint density at radius 1 is 1.39 bits per heavy atom. The fourth-order valence-electron chi connectivity index (χ4n) is 1.62. The second-order valence-corrected chi connectivity index (χ2v) is 4.51. The van der Waals surface area contributed by atoms with E-state index < -0.39 is 11.6 Å². The molecule has 0 aliphatic carbocycles. The zero-order valence-corrected chi connectivity index (χ0v) is 10.6. The van der Waals surface area contributed by atoms with Crippen LogP contribution >= 0.6 is 11.6 Å². The molecule has 0 saturated carbocycles. The van der Waals surface area contributed by atoms with Crippen LogP contribution in [0.1, 0.15) is 35.9 Å². The van der Waals surface area contributed by atoms with Crippen molar-refractivity contribution in [1.29, 1.82) is 0 Å². The Morgan fingerprint density at radius 2 is 2.11 bits per heavy atom. The number of rotatable bonds is 3. The number of carbonyl (C=O) groups is 1. The summed E-state index contributed by atoms with van der Waals surface area (Å²) in [6, 6.07) is 1.11. The van der Waals surface area contributed by atoms with Crippen molar-refractivity contribution in [2.45, 2.75) is 19.9 Å². The predicted molar refractivity (Wildman–Crippen MR) is 65.2 cm³/mol. The zero-order valence-electron chi connectivity index (χ0n) is 9.89. The number of ketones is 1. The van der Waals surface area contributed by atoms with Gasteiger partial charge in [-0.05, 0) is 19.9 Å². The third kappa shape index (κ3) is 2.26. The second kappa shape index (κ2) is 4.86. The molecule has 2 aromatic rings. The average molecular weight is 268 g/mol. The SMILES string of the molecule is CC(C)n1ncc(Cl)c1C(=O)c1cncc(F)c1. The van der Waals surface area contributed by atoms with Crippen molar-refractivity contribution in [2.75, 3.05) is 0 Å². The van der Waals surface area contributed by atoms with Crippen LogP contribution in [0.15, 0.2) is 24.7 Å². The molecule has 6 heteroatoms. The van der Waals surface area contributed by atoms with E-state index in [9.17, 15) is 9.18 Å². The molecule has 0 atom stereocenters. The van der Waals surface area contributed by atoms with Gasteiger partial charge in [-0.15, -0.1) is 0 Å². The maximum Gasteiger partial charge on any atom is 0.214 e. The van der Waals surface area contributed by atoms with Crippen molar-refractivity contribution in [3.63, 3.8) is 0 Å². The highest BCUT2D eigenvalue weighted by molar-refractivity contribution is 6.34. The second-order valence-electron chi connectivity index (χ2n) is 4.10. The molecule has 0 fully saturated rings. The highest BCUT2D eigenvalue weighted by Crippen LogP contribution is 2.22. The molecule has 2 rings (SSSR count). The van der Waals surface area contributed by atoms with Crippen LogP contribution in [0.2, 0.25) is 5.02 Å². The average Bonchev–Trinajstić information content (AvgIpc) is 2.70. The number of carbonyl (C=O) groups excluding carboxylic acids is 1. The van der Waals surface area contributed by atoms with Crippen LogP contribution in [-0.2, 0) is 0 Å². The molecule has 0 aliphatic heterocycles. The van der Waals surface area contributed by atoms with Gasteiger partial charge in [0.25, 0.3) is 0 Å². The molecule has 2 aromatic heterocycles. The molecular formula is C12H11ClFN3O. The highest BCUT2D eigenvalue weighted by atomic mass is 35.5. The molecule has 94 valence electrons. The van der Waals surface area contributed by atoms with Crippen molar-refractivity contribution < 1.29 is 9.18 Å². The largest absolute Gasteiger partial charge is 0.287 e. The van der Waals surface area contributed by atoms with Crippen LogP contribution in [0.3, 0.4) is 0 Å². The Morgan fingerprint density at radius 3 is 2.72 bits per heavy atom. The normalized spacial score (nSPS) is 10.9. The van der Waals surface area contributed by atoms with Crippen molar-refractivity contribution in [3.05, 3.63) is 46.8 Å². The number of pyridine rings is 1. The smallest absolute Gasteiger partial charge is 0.214 e. The lowest BCUT2D eigenvalue weighted by Crippen LogP contribution is -2.14. The van der Waals surface area contributed by atoms with Gasteiger partial charge in [-0.25, -0.2) is 4.39 Å². The molecule has 0 radical (unpaired) electrons. The Balaban J connectivity index is 2.49. The number of nitrogens with zero attached hydrogens (tertiary/aromatic N) is 3. The van der Waals surface area contributed by atoms with E-state index in [2.05, 4.69) is 10.1 Å². The minimum atomic E-state index is -0.562. The Hall–Kier alpha value is -1.75. The summed E-state index contributed by atoms with van der Waals surface area (Å²) < 4.78 is 14.6. The van der Waals surface area contributed by atoms with E-state index in [4.69, 9.17) is 11.6 Å². The molecule has 0 N–H and O–H groups in total. The fourth-order valence-corrected chi connectivity index (χ4v) is 1.83. The van der Waals surface area contributed by atoms with Crippen LogP contribution in [0.4, 0.5) is 4.39 Å². The first-order valence-electron chi connectivity index (χ1n) is 5.39. The summed E-state index contributed by atoms with van der Waals surface area (Å²) >= 11 is 5.96. The number of hydrogen-bond donors (Lipinski definition) is 0. The zero-order chi connectivity index (χ0) is 13.3. The van der Waals surface area contributed by atoms with Gasteiger partial charge in [0.05, 0.1) is 17.4 Å². The number of halogens is 2. The summed E-state index contributed by atoms with van der Waals surface area (Å²) in [5.74, 6) is -0.953. The molecule has 0 amide bonds. The van der Waals surface area contributed by atoms with E-state index in [1.807, 2.05) is 13.8 Å². The van der Waals surface area contributed by atoms with E-state index in [0.717, 1.165) is 12.3 Å². The fraction of sp³-hybridized carbons (Fsp3) is 0.250. The quantitative estimate of drug-likeness (QED) is 0.804.